The number of amides is 2. The summed E-state index contributed by atoms with van der Waals surface area (Å²) >= 11 is 11.7. The van der Waals surface area contributed by atoms with Gasteiger partial charge in [0.05, 0.1) is 5.92 Å². The molecule has 0 aliphatic carbocycles. The predicted octanol–water partition coefficient (Wildman–Crippen LogP) is 4.26. The molecule has 1 saturated heterocycles. The van der Waals surface area contributed by atoms with E-state index >= 15 is 0 Å². The fraction of sp³-hybridized carbons (Fsp3) is 0.176. The highest BCUT2D eigenvalue weighted by atomic mass is 35.5. The smallest absolute Gasteiger partial charge is 0.229 e. The molecular weight excluding hydrogens is 373 g/mol. The molecule has 2 amide bonds. The molecule has 0 radical (unpaired) electrons. The number of rotatable bonds is 3. The van der Waals surface area contributed by atoms with Gasteiger partial charge in [0.25, 0.3) is 0 Å². The van der Waals surface area contributed by atoms with Gasteiger partial charge in [0.2, 0.25) is 11.8 Å². The second kappa shape index (κ2) is 6.98. The van der Waals surface area contributed by atoms with E-state index in [2.05, 4.69) is 5.32 Å². The number of halogens is 4. The van der Waals surface area contributed by atoms with Crippen LogP contribution in [-0.4, -0.2) is 18.4 Å². The van der Waals surface area contributed by atoms with Crippen molar-refractivity contribution in [3.05, 3.63) is 58.1 Å². The van der Waals surface area contributed by atoms with Crippen molar-refractivity contribution >= 4 is 46.4 Å². The third kappa shape index (κ3) is 3.75. The first-order valence-corrected chi connectivity index (χ1v) is 8.12. The van der Waals surface area contributed by atoms with E-state index in [-0.39, 0.29) is 13.0 Å². The highest BCUT2D eigenvalue weighted by Gasteiger charge is 2.37. The molecule has 0 saturated carbocycles. The van der Waals surface area contributed by atoms with Crippen LogP contribution in [0.15, 0.2) is 36.4 Å². The number of anilines is 2. The lowest BCUT2D eigenvalue weighted by Crippen LogP contribution is -2.29. The van der Waals surface area contributed by atoms with Gasteiger partial charge < -0.3 is 10.2 Å². The minimum Gasteiger partial charge on any atom is -0.326 e. The quantitative estimate of drug-likeness (QED) is 0.858. The Kier molecular flexibility index (Phi) is 4.92. The maximum atomic E-state index is 13.9. The molecule has 3 rings (SSSR count). The van der Waals surface area contributed by atoms with Crippen LogP contribution in [0.5, 0.6) is 0 Å². The molecular formula is C17H12Cl2F2N2O2. The van der Waals surface area contributed by atoms with Gasteiger partial charge in [-0.1, -0.05) is 29.3 Å². The first-order chi connectivity index (χ1) is 11.8. The van der Waals surface area contributed by atoms with Crippen molar-refractivity contribution in [1.29, 1.82) is 0 Å². The molecule has 1 fully saturated rings. The van der Waals surface area contributed by atoms with Crippen LogP contribution in [0.2, 0.25) is 10.0 Å². The zero-order chi connectivity index (χ0) is 18.1. The summed E-state index contributed by atoms with van der Waals surface area (Å²) in [6, 6.07) is 7.87. The third-order valence-corrected chi connectivity index (χ3v) is 4.27. The summed E-state index contributed by atoms with van der Waals surface area (Å²) in [6.45, 7) is -0.114. The predicted molar refractivity (Wildman–Crippen MR) is 91.9 cm³/mol. The summed E-state index contributed by atoms with van der Waals surface area (Å²) in [5.41, 5.74) is -0.0564. The second-order valence-electron chi connectivity index (χ2n) is 5.62. The summed E-state index contributed by atoms with van der Waals surface area (Å²) in [7, 11) is 0. The van der Waals surface area contributed by atoms with Gasteiger partial charge in [0, 0.05) is 28.7 Å². The number of hydrogen-bond acceptors (Lipinski definition) is 2. The average molecular weight is 385 g/mol. The molecule has 2 aromatic carbocycles. The molecule has 1 aliphatic rings. The minimum absolute atomic E-state index is 0.114. The van der Waals surface area contributed by atoms with Gasteiger partial charge in [-0.25, -0.2) is 8.78 Å². The van der Waals surface area contributed by atoms with Crippen molar-refractivity contribution in [3.63, 3.8) is 0 Å². The molecule has 4 nitrogen and oxygen atoms in total. The van der Waals surface area contributed by atoms with Crippen molar-refractivity contribution in [1.82, 2.24) is 0 Å². The normalized spacial score (nSPS) is 17.0. The minimum atomic E-state index is -0.851. The SMILES string of the molecule is O=C(Nc1cc(Cl)cc(Cl)c1)C1CC(=O)N(c2c(F)cccc2F)C1. The van der Waals surface area contributed by atoms with E-state index in [0.717, 1.165) is 17.0 Å². The van der Waals surface area contributed by atoms with Gasteiger partial charge in [-0.3, -0.25) is 9.59 Å². The van der Waals surface area contributed by atoms with E-state index in [1.54, 1.807) is 0 Å². The second-order valence-corrected chi connectivity index (χ2v) is 6.50. The van der Waals surface area contributed by atoms with Gasteiger partial charge in [-0.15, -0.1) is 0 Å². The summed E-state index contributed by atoms with van der Waals surface area (Å²) in [4.78, 5) is 25.4. The maximum Gasteiger partial charge on any atom is 0.229 e. The molecule has 0 aromatic heterocycles. The van der Waals surface area contributed by atoms with Crippen molar-refractivity contribution in [3.8, 4) is 0 Å². The molecule has 1 atom stereocenters. The van der Waals surface area contributed by atoms with Crippen molar-refractivity contribution in [2.75, 3.05) is 16.8 Å². The Morgan fingerprint density at radius 2 is 1.72 bits per heavy atom. The van der Waals surface area contributed by atoms with Crippen molar-refractivity contribution in [2.45, 2.75) is 6.42 Å². The fourth-order valence-electron chi connectivity index (χ4n) is 2.72. The highest BCUT2D eigenvalue weighted by molar-refractivity contribution is 6.35. The molecule has 8 heteroatoms. The Hall–Kier alpha value is -2.18. The number of para-hydroxylation sites is 1. The van der Waals surface area contributed by atoms with Gasteiger partial charge in [-0.2, -0.15) is 0 Å². The Bertz CT molecular complexity index is 820. The Balaban J connectivity index is 1.77. The van der Waals surface area contributed by atoms with E-state index in [1.807, 2.05) is 0 Å². The molecule has 1 aliphatic heterocycles. The zero-order valence-electron chi connectivity index (χ0n) is 12.7. The number of hydrogen-bond donors (Lipinski definition) is 1. The maximum absolute atomic E-state index is 13.9. The van der Waals surface area contributed by atoms with E-state index in [4.69, 9.17) is 23.2 Å². The molecule has 25 heavy (non-hydrogen) atoms. The van der Waals surface area contributed by atoms with Gasteiger partial charge in [0.1, 0.15) is 17.3 Å². The number of nitrogens with one attached hydrogen (secondary N) is 1. The van der Waals surface area contributed by atoms with Gasteiger partial charge >= 0.3 is 0 Å². The fourth-order valence-corrected chi connectivity index (χ4v) is 3.24. The van der Waals surface area contributed by atoms with Crippen LogP contribution >= 0.6 is 23.2 Å². The lowest BCUT2D eigenvalue weighted by atomic mass is 10.1. The van der Waals surface area contributed by atoms with E-state index in [0.29, 0.717) is 15.7 Å². The Morgan fingerprint density at radius 1 is 1.12 bits per heavy atom. The number of carbonyl (C=O) groups excluding carboxylic acids is 2. The molecule has 2 aromatic rings. The Morgan fingerprint density at radius 3 is 2.32 bits per heavy atom. The summed E-state index contributed by atoms with van der Waals surface area (Å²) in [5.74, 6) is -3.42. The van der Waals surface area contributed by atoms with Crippen LogP contribution in [0.3, 0.4) is 0 Å². The largest absolute Gasteiger partial charge is 0.326 e. The molecule has 1 N–H and O–H groups in total. The number of nitrogens with zero attached hydrogens (tertiary/aromatic N) is 1. The average Bonchev–Trinajstić information content (AvgIpc) is 2.88. The standard InChI is InChI=1S/C17H12Cl2F2N2O2/c18-10-5-11(19)7-12(6-10)22-17(25)9-4-15(24)23(8-9)16-13(20)2-1-3-14(16)21/h1-3,5-7,9H,4,8H2,(H,22,25). The lowest BCUT2D eigenvalue weighted by molar-refractivity contribution is -0.122. The van der Waals surface area contributed by atoms with Gasteiger partial charge in [-0.05, 0) is 30.3 Å². The highest BCUT2D eigenvalue weighted by Crippen LogP contribution is 2.31. The number of benzene rings is 2. The topological polar surface area (TPSA) is 49.4 Å². The first kappa shape index (κ1) is 17.6. The molecule has 130 valence electrons. The van der Waals surface area contributed by atoms with Crippen LogP contribution < -0.4 is 10.2 Å². The van der Waals surface area contributed by atoms with Crippen molar-refractivity contribution < 1.29 is 18.4 Å². The summed E-state index contributed by atoms with van der Waals surface area (Å²) in [6.07, 6.45) is -0.145. The molecule has 1 unspecified atom stereocenters. The van der Waals surface area contributed by atoms with Crippen LogP contribution in [0.25, 0.3) is 0 Å². The molecule has 1 heterocycles. The zero-order valence-corrected chi connectivity index (χ0v) is 14.2. The first-order valence-electron chi connectivity index (χ1n) is 7.36. The van der Waals surface area contributed by atoms with Gasteiger partial charge in [0.15, 0.2) is 0 Å². The lowest BCUT2D eigenvalue weighted by Gasteiger charge is -2.18. The third-order valence-electron chi connectivity index (χ3n) is 3.83. The van der Waals surface area contributed by atoms with Crippen LogP contribution in [0.1, 0.15) is 6.42 Å². The summed E-state index contributed by atoms with van der Waals surface area (Å²) < 4.78 is 27.8. The Labute approximate surface area is 152 Å². The monoisotopic (exact) mass is 384 g/mol. The molecule has 0 bridgehead atoms. The number of carbonyl (C=O) groups is 2. The van der Waals surface area contributed by atoms with E-state index in [9.17, 15) is 18.4 Å². The summed E-state index contributed by atoms with van der Waals surface area (Å²) in [5, 5.41) is 3.31. The van der Waals surface area contributed by atoms with E-state index in [1.165, 1.54) is 24.3 Å². The van der Waals surface area contributed by atoms with E-state index < -0.39 is 35.1 Å². The van der Waals surface area contributed by atoms with Crippen molar-refractivity contribution in [2.24, 2.45) is 5.92 Å². The van der Waals surface area contributed by atoms with Crippen LogP contribution in [0, 0.1) is 17.6 Å². The van der Waals surface area contributed by atoms with Crippen LogP contribution in [-0.2, 0) is 9.59 Å². The van der Waals surface area contributed by atoms with Crippen LogP contribution in [0.4, 0.5) is 20.2 Å². The molecule has 0 spiro atoms.